The van der Waals surface area contributed by atoms with Crippen LogP contribution in [0.3, 0.4) is 0 Å². The van der Waals surface area contributed by atoms with Crippen LogP contribution in [-0.2, 0) is 4.79 Å². The molecule has 1 aromatic heterocycles. The fraction of sp³-hybridized carbons (Fsp3) is 0.100. The summed E-state index contributed by atoms with van der Waals surface area (Å²) >= 11 is 9.68. The molecule has 0 atom stereocenters. The largest absolute Gasteiger partial charge is 0.482 e. The van der Waals surface area contributed by atoms with E-state index in [4.69, 9.17) is 21.6 Å². The Morgan fingerprint density at radius 2 is 2.14 bits per heavy atom. The third kappa shape index (κ3) is 5.02. The van der Waals surface area contributed by atoms with Crippen molar-refractivity contribution in [3.05, 3.63) is 75.0 Å². The number of para-hydroxylation sites is 1. The molecule has 146 valence electrons. The van der Waals surface area contributed by atoms with Crippen LogP contribution in [0.1, 0.15) is 16.8 Å². The lowest BCUT2D eigenvalue weighted by atomic mass is 10.2. The smallest absolute Gasteiger partial charge is 0.277 e. The number of nitrogens with one attached hydrogen (secondary N) is 1. The highest BCUT2D eigenvalue weighted by Crippen LogP contribution is 2.23. The van der Waals surface area contributed by atoms with E-state index in [-0.39, 0.29) is 6.61 Å². The van der Waals surface area contributed by atoms with E-state index in [0.29, 0.717) is 27.7 Å². The standard InChI is InChI=1S/C20H15BrClN5O2/c1-13-17(20(22)27(26-13)16-5-3-2-4-6-16)11-24-25-19(28)12-29-18-8-7-15(21)9-14(18)10-23/h2-9,11H,12H2,1H3,(H,25,28)/b24-11+. The van der Waals surface area contributed by atoms with Crippen LogP contribution in [-0.4, -0.2) is 28.5 Å². The number of nitrogens with zero attached hydrogens (tertiary/aromatic N) is 4. The van der Waals surface area contributed by atoms with Crippen molar-refractivity contribution >= 4 is 39.7 Å². The van der Waals surface area contributed by atoms with Crippen LogP contribution in [0, 0.1) is 18.3 Å². The first kappa shape index (κ1) is 20.6. The van der Waals surface area contributed by atoms with Crippen LogP contribution in [0.4, 0.5) is 0 Å². The highest BCUT2D eigenvalue weighted by molar-refractivity contribution is 9.10. The van der Waals surface area contributed by atoms with Crippen LogP contribution in [0.2, 0.25) is 5.15 Å². The van der Waals surface area contributed by atoms with Crippen LogP contribution in [0.25, 0.3) is 5.69 Å². The number of halogens is 2. The normalized spacial score (nSPS) is 10.7. The number of ether oxygens (including phenoxy) is 1. The summed E-state index contributed by atoms with van der Waals surface area (Å²) in [6, 6.07) is 16.4. The van der Waals surface area contributed by atoms with Gasteiger partial charge in [-0.05, 0) is 37.3 Å². The molecule has 0 spiro atoms. The van der Waals surface area contributed by atoms with Crippen LogP contribution in [0.15, 0.2) is 58.1 Å². The second kappa shape index (κ2) is 9.37. The number of rotatable bonds is 6. The van der Waals surface area contributed by atoms with Crippen molar-refractivity contribution in [3.8, 4) is 17.5 Å². The van der Waals surface area contributed by atoms with Gasteiger partial charge in [-0.15, -0.1) is 0 Å². The summed E-state index contributed by atoms with van der Waals surface area (Å²) in [6.07, 6.45) is 1.43. The van der Waals surface area contributed by atoms with E-state index in [1.54, 1.807) is 29.8 Å². The first-order valence-corrected chi connectivity index (χ1v) is 9.61. The van der Waals surface area contributed by atoms with E-state index < -0.39 is 5.91 Å². The molecule has 0 aliphatic heterocycles. The van der Waals surface area contributed by atoms with Crippen molar-refractivity contribution in [1.29, 1.82) is 5.26 Å². The Morgan fingerprint density at radius 1 is 1.38 bits per heavy atom. The van der Waals surface area contributed by atoms with Gasteiger partial charge >= 0.3 is 0 Å². The molecule has 9 heteroatoms. The molecular weight excluding hydrogens is 458 g/mol. The molecule has 0 aliphatic rings. The molecule has 2 aromatic carbocycles. The van der Waals surface area contributed by atoms with E-state index in [1.807, 2.05) is 36.4 Å². The summed E-state index contributed by atoms with van der Waals surface area (Å²) in [7, 11) is 0. The van der Waals surface area contributed by atoms with E-state index in [1.165, 1.54) is 6.21 Å². The maximum absolute atomic E-state index is 12.0. The number of carbonyl (C=O) groups excluding carboxylic acids is 1. The molecule has 29 heavy (non-hydrogen) atoms. The Balaban J connectivity index is 1.63. The Kier molecular flexibility index (Phi) is 6.65. The minimum Gasteiger partial charge on any atom is -0.482 e. The summed E-state index contributed by atoms with van der Waals surface area (Å²) in [4.78, 5) is 12.0. The maximum Gasteiger partial charge on any atom is 0.277 e. The van der Waals surface area contributed by atoms with Gasteiger partial charge in [-0.1, -0.05) is 45.7 Å². The van der Waals surface area contributed by atoms with Gasteiger partial charge in [-0.25, -0.2) is 10.1 Å². The van der Waals surface area contributed by atoms with Gasteiger partial charge in [0.05, 0.1) is 28.7 Å². The number of aromatic nitrogens is 2. The van der Waals surface area contributed by atoms with Gasteiger partial charge < -0.3 is 4.74 Å². The summed E-state index contributed by atoms with van der Waals surface area (Å²) < 4.78 is 7.73. The summed E-state index contributed by atoms with van der Waals surface area (Å²) in [6.45, 7) is 1.51. The fourth-order valence-electron chi connectivity index (χ4n) is 2.46. The average molecular weight is 473 g/mol. The topological polar surface area (TPSA) is 92.3 Å². The minimum absolute atomic E-state index is 0.288. The zero-order valence-corrected chi connectivity index (χ0v) is 17.6. The second-order valence-electron chi connectivity index (χ2n) is 5.87. The van der Waals surface area contributed by atoms with E-state index in [9.17, 15) is 4.79 Å². The van der Waals surface area contributed by atoms with Crippen molar-refractivity contribution in [2.24, 2.45) is 5.10 Å². The summed E-state index contributed by atoms with van der Waals surface area (Å²) in [5, 5.41) is 17.8. The number of benzene rings is 2. The van der Waals surface area contributed by atoms with Crippen LogP contribution in [0.5, 0.6) is 5.75 Å². The average Bonchev–Trinajstić information content (AvgIpc) is 3.01. The molecule has 3 aromatic rings. The molecule has 0 saturated carbocycles. The maximum atomic E-state index is 12.0. The van der Waals surface area contributed by atoms with Crippen molar-refractivity contribution in [1.82, 2.24) is 15.2 Å². The monoisotopic (exact) mass is 471 g/mol. The molecule has 0 bridgehead atoms. The summed E-state index contributed by atoms with van der Waals surface area (Å²) in [5.41, 5.74) is 4.78. The van der Waals surface area contributed by atoms with E-state index >= 15 is 0 Å². The van der Waals surface area contributed by atoms with Crippen molar-refractivity contribution in [3.63, 3.8) is 0 Å². The molecule has 0 aliphatic carbocycles. The van der Waals surface area contributed by atoms with Crippen molar-refractivity contribution in [2.75, 3.05) is 6.61 Å². The van der Waals surface area contributed by atoms with E-state index in [0.717, 1.165) is 10.2 Å². The third-order valence-electron chi connectivity index (χ3n) is 3.85. The van der Waals surface area contributed by atoms with Crippen LogP contribution < -0.4 is 10.2 Å². The number of hydrogen-bond donors (Lipinski definition) is 1. The Labute approximate surface area is 180 Å². The lowest BCUT2D eigenvalue weighted by molar-refractivity contribution is -0.123. The highest BCUT2D eigenvalue weighted by atomic mass is 79.9. The molecule has 7 nitrogen and oxygen atoms in total. The second-order valence-corrected chi connectivity index (χ2v) is 7.15. The summed E-state index contributed by atoms with van der Waals surface area (Å²) in [5.74, 6) is -0.157. The predicted octanol–water partition coefficient (Wildman–Crippen LogP) is 4.00. The zero-order valence-electron chi connectivity index (χ0n) is 15.3. The molecule has 0 unspecified atom stereocenters. The van der Waals surface area contributed by atoms with Crippen molar-refractivity contribution in [2.45, 2.75) is 6.92 Å². The Morgan fingerprint density at radius 3 is 2.86 bits per heavy atom. The molecule has 0 saturated heterocycles. The van der Waals surface area contributed by atoms with Crippen LogP contribution >= 0.6 is 27.5 Å². The number of aryl methyl sites for hydroxylation is 1. The molecule has 1 heterocycles. The van der Waals surface area contributed by atoms with Gasteiger partial charge in [0.25, 0.3) is 5.91 Å². The SMILES string of the molecule is Cc1nn(-c2ccccc2)c(Cl)c1/C=N/NC(=O)COc1ccc(Br)cc1C#N. The van der Waals surface area contributed by atoms with Gasteiger partial charge in [0.1, 0.15) is 17.0 Å². The van der Waals surface area contributed by atoms with E-state index in [2.05, 4.69) is 31.6 Å². The molecule has 0 fully saturated rings. The first-order chi connectivity index (χ1) is 14.0. The number of carbonyl (C=O) groups is 1. The van der Waals surface area contributed by atoms with Gasteiger partial charge in [0.15, 0.2) is 6.61 Å². The highest BCUT2D eigenvalue weighted by Gasteiger charge is 2.13. The Hall–Kier alpha value is -3.15. The quantitative estimate of drug-likeness (QED) is 0.433. The van der Waals surface area contributed by atoms with Gasteiger partial charge in [0, 0.05) is 4.47 Å². The number of hydrazone groups is 1. The first-order valence-electron chi connectivity index (χ1n) is 8.44. The fourth-order valence-corrected chi connectivity index (χ4v) is 3.14. The number of amides is 1. The third-order valence-corrected chi connectivity index (χ3v) is 4.71. The number of nitriles is 1. The molecule has 0 radical (unpaired) electrons. The molecule has 1 N–H and O–H groups in total. The molecular formula is C20H15BrClN5O2. The van der Waals surface area contributed by atoms with Crippen molar-refractivity contribution < 1.29 is 9.53 Å². The molecule has 1 amide bonds. The van der Waals surface area contributed by atoms with Gasteiger partial charge in [-0.3, -0.25) is 4.79 Å². The predicted molar refractivity (Wildman–Crippen MR) is 113 cm³/mol. The van der Waals surface area contributed by atoms with Gasteiger partial charge in [-0.2, -0.15) is 15.5 Å². The molecule has 3 rings (SSSR count). The lowest BCUT2D eigenvalue weighted by Gasteiger charge is -2.06. The lowest BCUT2D eigenvalue weighted by Crippen LogP contribution is -2.24. The number of hydrogen-bond acceptors (Lipinski definition) is 5. The Bertz CT molecular complexity index is 1110. The minimum atomic E-state index is -0.475. The van der Waals surface area contributed by atoms with Gasteiger partial charge in [0.2, 0.25) is 0 Å². The zero-order chi connectivity index (χ0) is 20.8.